The zero-order valence-corrected chi connectivity index (χ0v) is 11.8. The van der Waals surface area contributed by atoms with Gasteiger partial charge in [-0.3, -0.25) is 4.79 Å². The number of ether oxygens (including phenoxy) is 1. The number of nitrogens with zero attached hydrogens (tertiary/aromatic N) is 1. The third kappa shape index (κ3) is 3.56. The quantitative estimate of drug-likeness (QED) is 0.698. The first-order chi connectivity index (χ1) is 7.77. The van der Waals surface area contributed by atoms with Gasteiger partial charge in [-0.25, -0.2) is 8.42 Å². The number of hydrogen-bond donors (Lipinski definition) is 0. The van der Waals surface area contributed by atoms with Gasteiger partial charge in [-0.05, 0) is 13.8 Å². The van der Waals surface area contributed by atoms with Crippen LogP contribution < -0.4 is 0 Å². The summed E-state index contributed by atoms with van der Waals surface area (Å²) in [6.45, 7) is 3.98. The zero-order valence-electron chi connectivity index (χ0n) is 10.2. The van der Waals surface area contributed by atoms with Crippen LogP contribution in [-0.2, 0) is 19.4 Å². The van der Waals surface area contributed by atoms with Crippen LogP contribution in [0.15, 0.2) is 0 Å². The monoisotopic (exact) mass is 283 g/mol. The van der Waals surface area contributed by atoms with Crippen molar-refractivity contribution in [1.82, 2.24) is 4.90 Å². The zero-order chi connectivity index (χ0) is 13.2. The lowest BCUT2D eigenvalue weighted by Crippen LogP contribution is -2.54. The molecule has 1 aliphatic rings. The molecule has 3 atom stereocenters. The smallest absolute Gasteiger partial charge is 0.241 e. The van der Waals surface area contributed by atoms with Crippen LogP contribution in [0.1, 0.15) is 13.8 Å². The van der Waals surface area contributed by atoms with Crippen LogP contribution >= 0.6 is 11.6 Å². The second-order valence-corrected chi connectivity index (χ2v) is 7.10. The van der Waals surface area contributed by atoms with Crippen molar-refractivity contribution in [2.45, 2.75) is 31.2 Å². The number of hydrogen-bond acceptors (Lipinski definition) is 4. The molecule has 1 amide bonds. The van der Waals surface area contributed by atoms with Gasteiger partial charge in [0.25, 0.3) is 0 Å². The van der Waals surface area contributed by atoms with Gasteiger partial charge in [0.05, 0.1) is 24.6 Å². The molecular weight excluding hydrogens is 266 g/mol. The van der Waals surface area contributed by atoms with Crippen LogP contribution in [-0.4, -0.2) is 61.9 Å². The molecule has 0 N–H and O–H groups in total. The molecule has 0 saturated carbocycles. The Labute approximate surface area is 107 Å². The molecule has 17 heavy (non-hydrogen) atoms. The third-order valence-electron chi connectivity index (χ3n) is 2.95. The minimum atomic E-state index is -3.36. The van der Waals surface area contributed by atoms with Crippen LogP contribution in [0.25, 0.3) is 0 Å². The first kappa shape index (κ1) is 14.7. The molecule has 0 aromatic heterocycles. The summed E-state index contributed by atoms with van der Waals surface area (Å²) in [6, 6.07) is -0.119. The van der Waals surface area contributed by atoms with Gasteiger partial charge in [0.15, 0.2) is 9.84 Å². The molecule has 0 spiro atoms. The maximum Gasteiger partial charge on any atom is 0.241 e. The molecule has 1 rings (SSSR count). The number of halogens is 1. The summed E-state index contributed by atoms with van der Waals surface area (Å²) < 4.78 is 28.1. The molecule has 0 radical (unpaired) electrons. The van der Waals surface area contributed by atoms with Crippen LogP contribution in [0.5, 0.6) is 0 Å². The van der Waals surface area contributed by atoms with Gasteiger partial charge >= 0.3 is 0 Å². The number of carbonyl (C=O) groups excluding carboxylic acids is 1. The normalized spacial score (nSPS) is 27.9. The summed E-state index contributed by atoms with van der Waals surface area (Å²) in [5.41, 5.74) is 0. The molecule has 1 fully saturated rings. The minimum absolute atomic E-state index is 0.119. The number of rotatable bonds is 3. The standard InChI is InChI=1S/C10H18ClNO4S/c1-7-6-16-9(4-11)5-12(7)10(13)8(2)17(3,14)15/h7-9H,4-6H2,1-3H3. The van der Waals surface area contributed by atoms with Crippen LogP contribution in [0, 0.1) is 0 Å². The fraction of sp³-hybridized carbons (Fsp3) is 0.900. The third-order valence-corrected chi connectivity index (χ3v) is 4.78. The van der Waals surface area contributed by atoms with Gasteiger partial charge in [0.2, 0.25) is 5.91 Å². The predicted octanol–water partition coefficient (Wildman–Crippen LogP) is 0.274. The first-order valence-electron chi connectivity index (χ1n) is 5.44. The molecule has 3 unspecified atom stereocenters. The lowest BCUT2D eigenvalue weighted by Gasteiger charge is -2.38. The first-order valence-corrected chi connectivity index (χ1v) is 7.93. The summed E-state index contributed by atoms with van der Waals surface area (Å²) in [5, 5.41) is -1.01. The Balaban J connectivity index is 2.80. The molecule has 0 bridgehead atoms. The molecule has 0 aromatic rings. The summed E-state index contributed by atoms with van der Waals surface area (Å²) >= 11 is 5.69. The molecule has 7 heteroatoms. The SMILES string of the molecule is CC1COC(CCl)CN1C(=O)C(C)S(C)(=O)=O. The Morgan fingerprint density at radius 1 is 1.59 bits per heavy atom. The van der Waals surface area contributed by atoms with Crippen LogP contribution in [0.2, 0.25) is 0 Å². The van der Waals surface area contributed by atoms with E-state index in [4.69, 9.17) is 16.3 Å². The van der Waals surface area contributed by atoms with Gasteiger partial charge in [-0.15, -0.1) is 11.6 Å². The van der Waals surface area contributed by atoms with Gasteiger partial charge in [0, 0.05) is 12.8 Å². The summed E-state index contributed by atoms with van der Waals surface area (Å²) in [6.07, 6.45) is 0.850. The van der Waals surface area contributed by atoms with Crippen molar-refractivity contribution in [3.63, 3.8) is 0 Å². The van der Waals surface area contributed by atoms with E-state index in [9.17, 15) is 13.2 Å². The molecule has 1 heterocycles. The van der Waals surface area contributed by atoms with E-state index < -0.39 is 15.1 Å². The number of carbonyl (C=O) groups is 1. The predicted molar refractivity (Wildman–Crippen MR) is 65.9 cm³/mol. The van der Waals surface area contributed by atoms with Crippen molar-refractivity contribution >= 4 is 27.3 Å². The minimum Gasteiger partial charge on any atom is -0.373 e. The van der Waals surface area contributed by atoms with E-state index in [0.29, 0.717) is 19.0 Å². The van der Waals surface area contributed by atoms with Crippen molar-refractivity contribution in [2.75, 3.05) is 25.3 Å². The lowest BCUT2D eigenvalue weighted by molar-refractivity contribution is -0.142. The number of morpholine rings is 1. The van der Waals surface area contributed by atoms with E-state index in [-0.39, 0.29) is 18.1 Å². The van der Waals surface area contributed by atoms with Crippen LogP contribution in [0.4, 0.5) is 0 Å². The molecule has 100 valence electrons. The average Bonchev–Trinajstić information content (AvgIpc) is 2.26. The summed E-state index contributed by atoms with van der Waals surface area (Å²) in [7, 11) is -3.36. The highest BCUT2D eigenvalue weighted by Crippen LogP contribution is 2.16. The maximum absolute atomic E-state index is 12.1. The van der Waals surface area contributed by atoms with Gasteiger partial charge < -0.3 is 9.64 Å². The van der Waals surface area contributed by atoms with E-state index in [1.807, 2.05) is 6.92 Å². The Kier molecular flexibility index (Phi) is 4.80. The lowest BCUT2D eigenvalue weighted by atomic mass is 10.2. The Morgan fingerprint density at radius 2 is 2.18 bits per heavy atom. The van der Waals surface area contributed by atoms with E-state index in [2.05, 4.69) is 0 Å². The van der Waals surface area contributed by atoms with Crippen molar-refractivity contribution in [3.8, 4) is 0 Å². The highest BCUT2D eigenvalue weighted by atomic mass is 35.5. The second kappa shape index (κ2) is 5.54. The maximum atomic E-state index is 12.1. The Bertz CT molecular complexity index is 384. The Hall–Kier alpha value is -0.330. The van der Waals surface area contributed by atoms with Gasteiger partial charge in [-0.2, -0.15) is 0 Å². The number of alkyl halides is 1. The summed E-state index contributed by atoms with van der Waals surface area (Å²) in [5.74, 6) is -0.0811. The molecule has 1 aliphatic heterocycles. The Morgan fingerprint density at radius 3 is 2.65 bits per heavy atom. The number of amides is 1. The van der Waals surface area contributed by atoms with Gasteiger partial charge in [0.1, 0.15) is 5.25 Å². The van der Waals surface area contributed by atoms with E-state index >= 15 is 0 Å². The largest absolute Gasteiger partial charge is 0.373 e. The van der Waals surface area contributed by atoms with Crippen molar-refractivity contribution in [2.24, 2.45) is 0 Å². The molecular formula is C10H18ClNO4S. The second-order valence-electron chi connectivity index (χ2n) is 4.42. The summed E-state index contributed by atoms with van der Waals surface area (Å²) in [4.78, 5) is 13.6. The molecule has 5 nitrogen and oxygen atoms in total. The molecule has 0 aliphatic carbocycles. The molecule has 0 aromatic carbocycles. The fourth-order valence-corrected chi connectivity index (χ4v) is 2.32. The van der Waals surface area contributed by atoms with Crippen molar-refractivity contribution in [1.29, 1.82) is 0 Å². The highest BCUT2D eigenvalue weighted by Gasteiger charge is 2.35. The topological polar surface area (TPSA) is 63.7 Å². The highest BCUT2D eigenvalue weighted by molar-refractivity contribution is 7.92. The van der Waals surface area contributed by atoms with E-state index in [1.165, 1.54) is 6.92 Å². The molecule has 1 saturated heterocycles. The van der Waals surface area contributed by atoms with Crippen LogP contribution in [0.3, 0.4) is 0 Å². The average molecular weight is 284 g/mol. The fourth-order valence-electron chi connectivity index (χ4n) is 1.63. The van der Waals surface area contributed by atoms with Crippen molar-refractivity contribution < 1.29 is 17.9 Å². The number of sulfone groups is 1. The van der Waals surface area contributed by atoms with E-state index in [1.54, 1.807) is 4.90 Å². The van der Waals surface area contributed by atoms with E-state index in [0.717, 1.165) is 6.26 Å². The van der Waals surface area contributed by atoms with Gasteiger partial charge in [-0.1, -0.05) is 0 Å². The van der Waals surface area contributed by atoms with Crippen molar-refractivity contribution in [3.05, 3.63) is 0 Å².